The number of nitrogens with one attached hydrogen (secondary N) is 1. The third-order valence-corrected chi connectivity index (χ3v) is 3.91. The Labute approximate surface area is 117 Å². The molecule has 0 spiro atoms. The lowest BCUT2D eigenvalue weighted by atomic mass is 9.97. The number of hydrogen-bond donors (Lipinski definition) is 2. The van der Waals surface area contributed by atoms with Gasteiger partial charge in [-0.25, -0.2) is 0 Å². The van der Waals surface area contributed by atoms with Gasteiger partial charge in [0.1, 0.15) is 0 Å². The van der Waals surface area contributed by atoms with Crippen molar-refractivity contribution in [3.05, 3.63) is 35.4 Å². The van der Waals surface area contributed by atoms with Gasteiger partial charge in [-0.05, 0) is 24.5 Å². The lowest BCUT2D eigenvalue weighted by Crippen LogP contribution is -2.31. The third kappa shape index (κ3) is 3.96. The number of alkyl halides is 3. The Kier molecular flexibility index (Phi) is 5.05. The van der Waals surface area contributed by atoms with Gasteiger partial charge < -0.3 is 10.4 Å². The SMILES string of the molecule is OCC(CNC1CCCC1)c1cccc(C(F)(F)F)c1. The van der Waals surface area contributed by atoms with Crippen molar-refractivity contribution < 1.29 is 18.3 Å². The van der Waals surface area contributed by atoms with E-state index in [0.717, 1.165) is 25.0 Å². The van der Waals surface area contributed by atoms with E-state index in [1.807, 2.05) is 0 Å². The molecule has 1 aromatic carbocycles. The van der Waals surface area contributed by atoms with Crippen LogP contribution in [0.1, 0.15) is 42.7 Å². The predicted molar refractivity (Wildman–Crippen MR) is 71.5 cm³/mol. The molecule has 1 aromatic rings. The van der Waals surface area contributed by atoms with Crippen molar-refractivity contribution in [2.75, 3.05) is 13.2 Å². The van der Waals surface area contributed by atoms with Crippen LogP contribution in [0.5, 0.6) is 0 Å². The summed E-state index contributed by atoms with van der Waals surface area (Å²) < 4.78 is 38.1. The first kappa shape index (κ1) is 15.3. The van der Waals surface area contributed by atoms with E-state index >= 15 is 0 Å². The highest BCUT2D eigenvalue weighted by Gasteiger charge is 2.31. The number of halogens is 3. The van der Waals surface area contributed by atoms with Crippen molar-refractivity contribution in [2.24, 2.45) is 0 Å². The highest BCUT2D eigenvalue weighted by molar-refractivity contribution is 5.28. The van der Waals surface area contributed by atoms with E-state index in [-0.39, 0.29) is 12.5 Å². The zero-order valence-electron chi connectivity index (χ0n) is 11.3. The summed E-state index contributed by atoms with van der Waals surface area (Å²) >= 11 is 0. The minimum Gasteiger partial charge on any atom is -0.396 e. The molecule has 0 saturated heterocycles. The molecular formula is C15H20F3NO. The van der Waals surface area contributed by atoms with Crippen LogP contribution in [0.15, 0.2) is 24.3 Å². The Hall–Kier alpha value is -1.07. The Bertz CT molecular complexity index is 427. The Morgan fingerprint density at radius 3 is 2.55 bits per heavy atom. The molecule has 1 aliphatic rings. The van der Waals surface area contributed by atoms with Gasteiger partial charge in [-0.3, -0.25) is 0 Å². The molecule has 0 radical (unpaired) electrons. The molecule has 1 unspecified atom stereocenters. The lowest BCUT2D eigenvalue weighted by Gasteiger charge is -2.20. The fraction of sp³-hybridized carbons (Fsp3) is 0.600. The standard InChI is InChI=1S/C15H20F3NO/c16-15(17,18)13-5-3-4-11(8-13)12(10-20)9-19-14-6-1-2-7-14/h3-5,8,12,14,19-20H,1-2,6-7,9-10H2. The quantitative estimate of drug-likeness (QED) is 0.871. The molecule has 1 fully saturated rings. The first-order chi connectivity index (χ1) is 9.50. The molecular weight excluding hydrogens is 267 g/mol. The van der Waals surface area contributed by atoms with E-state index < -0.39 is 11.7 Å². The maximum Gasteiger partial charge on any atom is 0.416 e. The smallest absolute Gasteiger partial charge is 0.396 e. The normalized spacial score (nSPS) is 18.4. The predicted octanol–water partition coefficient (Wildman–Crippen LogP) is 3.31. The number of rotatable bonds is 5. The first-order valence-corrected chi connectivity index (χ1v) is 7.02. The van der Waals surface area contributed by atoms with Crippen molar-refractivity contribution in [2.45, 2.75) is 43.8 Å². The summed E-state index contributed by atoms with van der Waals surface area (Å²) in [6.07, 6.45) is 0.284. The molecule has 112 valence electrons. The highest BCUT2D eigenvalue weighted by atomic mass is 19.4. The van der Waals surface area contributed by atoms with Crippen LogP contribution >= 0.6 is 0 Å². The van der Waals surface area contributed by atoms with E-state index in [1.165, 1.54) is 18.9 Å². The summed E-state index contributed by atoms with van der Waals surface area (Å²) in [5.41, 5.74) is -0.123. The zero-order chi connectivity index (χ0) is 14.6. The van der Waals surface area contributed by atoms with Crippen molar-refractivity contribution >= 4 is 0 Å². The van der Waals surface area contributed by atoms with Crippen LogP contribution in [0.3, 0.4) is 0 Å². The second-order valence-electron chi connectivity index (χ2n) is 5.39. The fourth-order valence-electron chi connectivity index (χ4n) is 2.70. The summed E-state index contributed by atoms with van der Waals surface area (Å²) in [5, 5.41) is 12.8. The second kappa shape index (κ2) is 6.59. The van der Waals surface area contributed by atoms with Crippen molar-refractivity contribution in [3.8, 4) is 0 Å². The lowest BCUT2D eigenvalue weighted by molar-refractivity contribution is -0.137. The van der Waals surface area contributed by atoms with Gasteiger partial charge in [0, 0.05) is 18.5 Å². The summed E-state index contributed by atoms with van der Waals surface area (Å²) in [5.74, 6) is -0.294. The number of aliphatic hydroxyl groups excluding tert-OH is 1. The monoisotopic (exact) mass is 287 g/mol. The third-order valence-electron chi connectivity index (χ3n) is 3.91. The van der Waals surface area contributed by atoms with Gasteiger partial charge in [0.15, 0.2) is 0 Å². The molecule has 5 heteroatoms. The molecule has 2 rings (SSSR count). The molecule has 1 atom stereocenters. The van der Waals surface area contributed by atoms with Crippen LogP contribution in [-0.4, -0.2) is 24.3 Å². The molecule has 0 heterocycles. The minimum atomic E-state index is -4.34. The van der Waals surface area contributed by atoms with Gasteiger partial charge in [-0.1, -0.05) is 31.0 Å². The molecule has 0 aliphatic heterocycles. The molecule has 1 saturated carbocycles. The zero-order valence-corrected chi connectivity index (χ0v) is 11.3. The van der Waals surface area contributed by atoms with Crippen LogP contribution in [0.4, 0.5) is 13.2 Å². The maximum absolute atomic E-state index is 12.7. The number of hydrogen-bond acceptors (Lipinski definition) is 2. The topological polar surface area (TPSA) is 32.3 Å². The van der Waals surface area contributed by atoms with Crippen LogP contribution in [-0.2, 0) is 6.18 Å². The van der Waals surface area contributed by atoms with Crippen LogP contribution < -0.4 is 5.32 Å². The molecule has 2 nitrogen and oxygen atoms in total. The van der Waals surface area contributed by atoms with Gasteiger partial charge in [-0.15, -0.1) is 0 Å². The van der Waals surface area contributed by atoms with E-state index in [2.05, 4.69) is 5.32 Å². The van der Waals surface area contributed by atoms with E-state index in [9.17, 15) is 18.3 Å². The number of benzene rings is 1. The van der Waals surface area contributed by atoms with Gasteiger partial charge in [-0.2, -0.15) is 13.2 Å². The minimum absolute atomic E-state index is 0.152. The van der Waals surface area contributed by atoms with E-state index in [0.29, 0.717) is 18.2 Å². The van der Waals surface area contributed by atoms with Crippen molar-refractivity contribution in [3.63, 3.8) is 0 Å². The molecule has 1 aliphatic carbocycles. The van der Waals surface area contributed by atoms with Crippen molar-refractivity contribution in [1.82, 2.24) is 5.32 Å². The Morgan fingerprint density at radius 1 is 1.25 bits per heavy atom. The summed E-state index contributed by atoms with van der Waals surface area (Å²) in [7, 11) is 0. The van der Waals surface area contributed by atoms with Crippen molar-refractivity contribution in [1.29, 1.82) is 0 Å². The second-order valence-corrected chi connectivity index (χ2v) is 5.39. The first-order valence-electron chi connectivity index (χ1n) is 7.02. The van der Waals surface area contributed by atoms with Gasteiger partial charge >= 0.3 is 6.18 Å². The summed E-state index contributed by atoms with van der Waals surface area (Å²) in [6, 6.07) is 5.68. The van der Waals surface area contributed by atoms with E-state index in [4.69, 9.17) is 0 Å². The van der Waals surface area contributed by atoms with E-state index in [1.54, 1.807) is 6.07 Å². The molecule has 2 N–H and O–H groups in total. The Balaban J connectivity index is 2.02. The molecule has 0 bridgehead atoms. The molecule has 0 amide bonds. The maximum atomic E-state index is 12.7. The van der Waals surface area contributed by atoms with Crippen LogP contribution in [0, 0.1) is 0 Å². The highest BCUT2D eigenvalue weighted by Crippen LogP contribution is 2.31. The van der Waals surface area contributed by atoms with Crippen LogP contribution in [0.2, 0.25) is 0 Å². The fourth-order valence-corrected chi connectivity index (χ4v) is 2.70. The Morgan fingerprint density at radius 2 is 1.95 bits per heavy atom. The van der Waals surface area contributed by atoms with Crippen LogP contribution in [0.25, 0.3) is 0 Å². The molecule has 0 aromatic heterocycles. The van der Waals surface area contributed by atoms with Gasteiger partial charge in [0.05, 0.1) is 12.2 Å². The van der Waals surface area contributed by atoms with Gasteiger partial charge in [0.25, 0.3) is 0 Å². The molecule has 20 heavy (non-hydrogen) atoms. The van der Waals surface area contributed by atoms with Gasteiger partial charge in [0.2, 0.25) is 0 Å². The average molecular weight is 287 g/mol. The summed E-state index contributed by atoms with van der Waals surface area (Å²) in [4.78, 5) is 0. The largest absolute Gasteiger partial charge is 0.416 e. The number of aliphatic hydroxyl groups is 1. The summed E-state index contributed by atoms with van der Waals surface area (Å²) in [6.45, 7) is 0.365. The average Bonchev–Trinajstić information content (AvgIpc) is 2.92.